The van der Waals surface area contributed by atoms with Gasteiger partial charge in [-0.05, 0) is 49.8 Å². The zero-order valence-corrected chi connectivity index (χ0v) is 21.7. The fourth-order valence-corrected chi connectivity index (χ4v) is 3.72. The van der Waals surface area contributed by atoms with Gasteiger partial charge < -0.3 is 15.4 Å². The summed E-state index contributed by atoms with van der Waals surface area (Å²) in [6.07, 6.45) is 8.84. The number of carbonyl (C=O) groups excluding carboxylic acids is 2. The average Bonchev–Trinajstić information content (AvgIpc) is 2.80. The van der Waals surface area contributed by atoms with Gasteiger partial charge in [-0.2, -0.15) is 0 Å². The van der Waals surface area contributed by atoms with Crippen LogP contribution in [-0.2, 0) is 20.7 Å². The molecule has 0 bridgehead atoms. The molecule has 0 unspecified atom stereocenters. The number of aromatic nitrogens is 1. The molecule has 3 rings (SSSR count). The lowest BCUT2D eigenvalue weighted by Crippen LogP contribution is -2.27. The van der Waals surface area contributed by atoms with Crippen LogP contribution >= 0.6 is 0 Å². The van der Waals surface area contributed by atoms with E-state index in [1.54, 1.807) is 6.20 Å². The minimum atomic E-state index is -0.397. The van der Waals surface area contributed by atoms with Crippen LogP contribution in [0.25, 0.3) is 0 Å². The highest BCUT2D eigenvalue weighted by Gasteiger charge is 2.21. The summed E-state index contributed by atoms with van der Waals surface area (Å²) in [4.78, 5) is 27.3. The number of aryl methyl sites for hydroxylation is 2. The summed E-state index contributed by atoms with van der Waals surface area (Å²) in [5, 5.41) is 6.40. The van der Waals surface area contributed by atoms with Crippen molar-refractivity contribution in [2.24, 2.45) is 11.3 Å². The highest BCUT2D eigenvalue weighted by Crippen LogP contribution is 2.25. The maximum atomic E-state index is 12.0. The summed E-state index contributed by atoms with van der Waals surface area (Å²) in [6, 6.07) is 9.83. The van der Waals surface area contributed by atoms with Crippen LogP contribution in [0, 0.1) is 25.2 Å². The third-order valence-corrected chi connectivity index (χ3v) is 6.00. The summed E-state index contributed by atoms with van der Waals surface area (Å²) >= 11 is 0. The summed E-state index contributed by atoms with van der Waals surface area (Å²) < 4.78 is 4.55. The Morgan fingerprint density at radius 1 is 1.06 bits per heavy atom. The number of esters is 1. The zero-order valence-electron chi connectivity index (χ0n) is 21.7. The second-order valence-corrected chi connectivity index (χ2v) is 10.2. The number of hydrogen-bond donors (Lipinski definition) is 2. The van der Waals surface area contributed by atoms with Gasteiger partial charge in [0.2, 0.25) is 5.91 Å². The van der Waals surface area contributed by atoms with Crippen molar-refractivity contribution in [3.05, 3.63) is 53.2 Å². The van der Waals surface area contributed by atoms with Crippen molar-refractivity contribution in [1.82, 2.24) is 4.98 Å². The molecule has 1 saturated carbocycles. The minimum absolute atomic E-state index is 0.0108. The van der Waals surface area contributed by atoms with E-state index >= 15 is 0 Å². The first kappa shape index (κ1) is 27.4. The third-order valence-electron chi connectivity index (χ3n) is 6.00. The summed E-state index contributed by atoms with van der Waals surface area (Å²) in [5.41, 5.74) is 3.63. The Morgan fingerprint density at radius 3 is 2.26 bits per heavy atom. The number of amides is 1. The molecule has 0 radical (unpaired) electrons. The Balaban J connectivity index is 0.000000287. The van der Waals surface area contributed by atoms with Gasteiger partial charge in [-0.25, -0.2) is 4.98 Å². The Hall–Kier alpha value is -2.89. The number of nitrogens with zero attached hydrogens (tertiary/aromatic N) is 1. The SMILES string of the molecule is COC(=O)Cc1ccc(C)cc1.Cc1cc(NC(=O)C(C)(C)C)cnc1NCC1CCCCC1. The predicted molar refractivity (Wildman–Crippen MR) is 139 cm³/mol. The van der Waals surface area contributed by atoms with Crippen molar-refractivity contribution < 1.29 is 14.3 Å². The van der Waals surface area contributed by atoms with Crippen LogP contribution in [0.15, 0.2) is 36.5 Å². The van der Waals surface area contributed by atoms with Crippen LogP contribution in [-0.4, -0.2) is 30.5 Å². The van der Waals surface area contributed by atoms with Crippen molar-refractivity contribution in [3.63, 3.8) is 0 Å². The third kappa shape index (κ3) is 9.54. The van der Waals surface area contributed by atoms with Crippen molar-refractivity contribution in [2.45, 2.75) is 73.1 Å². The lowest BCUT2D eigenvalue weighted by atomic mass is 9.89. The van der Waals surface area contributed by atoms with E-state index in [4.69, 9.17) is 0 Å². The summed E-state index contributed by atoms with van der Waals surface area (Å²) in [5.74, 6) is 1.52. The molecule has 1 fully saturated rings. The largest absolute Gasteiger partial charge is 0.469 e. The van der Waals surface area contributed by atoms with Gasteiger partial charge in [0.1, 0.15) is 5.82 Å². The van der Waals surface area contributed by atoms with E-state index in [9.17, 15) is 9.59 Å². The molecule has 0 aliphatic heterocycles. The Bertz CT molecular complexity index is 927. The van der Waals surface area contributed by atoms with E-state index in [1.165, 1.54) is 44.8 Å². The van der Waals surface area contributed by atoms with E-state index in [0.717, 1.165) is 35.1 Å². The minimum Gasteiger partial charge on any atom is -0.469 e. The van der Waals surface area contributed by atoms with E-state index in [-0.39, 0.29) is 11.9 Å². The Morgan fingerprint density at radius 2 is 1.71 bits per heavy atom. The Kier molecular flexibility index (Phi) is 10.6. The number of pyridine rings is 1. The second-order valence-electron chi connectivity index (χ2n) is 10.2. The fourth-order valence-electron chi connectivity index (χ4n) is 3.72. The van der Waals surface area contributed by atoms with Gasteiger partial charge in [-0.3, -0.25) is 9.59 Å². The molecular weight excluding hydrogens is 426 g/mol. The Labute approximate surface area is 204 Å². The van der Waals surface area contributed by atoms with Crippen molar-refractivity contribution >= 4 is 23.4 Å². The van der Waals surface area contributed by atoms with E-state index in [1.807, 2.05) is 65.0 Å². The van der Waals surface area contributed by atoms with Crippen molar-refractivity contribution in [1.29, 1.82) is 0 Å². The first-order valence-electron chi connectivity index (χ1n) is 12.2. The molecular formula is C28H41N3O3. The smallest absolute Gasteiger partial charge is 0.309 e. The summed E-state index contributed by atoms with van der Waals surface area (Å²) in [7, 11) is 1.40. The van der Waals surface area contributed by atoms with Crippen LogP contribution in [0.2, 0.25) is 0 Å². The standard InChI is InChI=1S/C18H29N3O.C10H12O2/c1-13-10-15(21-17(22)18(2,3)4)12-20-16(13)19-11-14-8-6-5-7-9-14;1-8-3-5-9(6-4-8)7-10(11)12-2/h10,12,14H,5-9,11H2,1-4H3,(H,19,20)(H,21,22);3-6H,7H2,1-2H3. The van der Waals surface area contributed by atoms with Gasteiger partial charge in [-0.15, -0.1) is 0 Å². The van der Waals surface area contributed by atoms with Crippen LogP contribution in [0.1, 0.15) is 69.6 Å². The molecule has 1 aromatic carbocycles. The number of ether oxygens (including phenoxy) is 1. The van der Waals surface area contributed by atoms with Crippen LogP contribution in [0.5, 0.6) is 0 Å². The molecule has 2 aromatic rings. The first-order chi connectivity index (χ1) is 16.1. The number of benzene rings is 1. The molecule has 0 saturated heterocycles. The lowest BCUT2D eigenvalue weighted by molar-refractivity contribution is -0.139. The number of rotatable bonds is 6. The van der Waals surface area contributed by atoms with E-state index < -0.39 is 5.41 Å². The highest BCUT2D eigenvalue weighted by molar-refractivity contribution is 5.94. The van der Waals surface area contributed by atoms with Gasteiger partial charge >= 0.3 is 5.97 Å². The fraction of sp³-hybridized carbons (Fsp3) is 0.536. The van der Waals surface area contributed by atoms with E-state index in [2.05, 4.69) is 20.4 Å². The molecule has 1 heterocycles. The number of carbonyl (C=O) groups is 2. The maximum Gasteiger partial charge on any atom is 0.309 e. The monoisotopic (exact) mass is 467 g/mol. The molecule has 186 valence electrons. The average molecular weight is 468 g/mol. The van der Waals surface area contributed by atoms with Gasteiger partial charge in [0, 0.05) is 12.0 Å². The molecule has 34 heavy (non-hydrogen) atoms. The zero-order chi connectivity index (χ0) is 25.1. The molecule has 6 heteroatoms. The molecule has 1 aromatic heterocycles. The highest BCUT2D eigenvalue weighted by atomic mass is 16.5. The lowest BCUT2D eigenvalue weighted by Gasteiger charge is -2.22. The van der Waals surface area contributed by atoms with Gasteiger partial charge in [0.05, 0.1) is 25.4 Å². The molecule has 2 N–H and O–H groups in total. The first-order valence-corrected chi connectivity index (χ1v) is 12.2. The molecule has 1 amide bonds. The number of nitrogens with one attached hydrogen (secondary N) is 2. The van der Waals surface area contributed by atoms with Gasteiger partial charge in [-0.1, -0.05) is 69.9 Å². The molecule has 1 aliphatic carbocycles. The quantitative estimate of drug-likeness (QED) is 0.504. The number of methoxy groups -OCH3 is 1. The molecule has 6 nitrogen and oxygen atoms in total. The molecule has 0 spiro atoms. The number of hydrogen-bond acceptors (Lipinski definition) is 5. The maximum absolute atomic E-state index is 12.0. The van der Waals surface area contributed by atoms with Gasteiger partial charge in [0.25, 0.3) is 0 Å². The van der Waals surface area contributed by atoms with Crippen LogP contribution < -0.4 is 10.6 Å². The van der Waals surface area contributed by atoms with Crippen LogP contribution in [0.3, 0.4) is 0 Å². The van der Waals surface area contributed by atoms with Gasteiger partial charge in [0.15, 0.2) is 0 Å². The normalized spacial score (nSPS) is 13.9. The summed E-state index contributed by atoms with van der Waals surface area (Å²) in [6.45, 7) is 10.8. The van der Waals surface area contributed by atoms with Crippen molar-refractivity contribution in [2.75, 3.05) is 24.3 Å². The number of anilines is 2. The van der Waals surface area contributed by atoms with E-state index in [0.29, 0.717) is 6.42 Å². The molecule has 1 aliphatic rings. The molecule has 0 atom stereocenters. The van der Waals surface area contributed by atoms with Crippen LogP contribution in [0.4, 0.5) is 11.5 Å². The predicted octanol–water partition coefficient (Wildman–Crippen LogP) is 6.08. The second kappa shape index (κ2) is 13.1. The van der Waals surface area contributed by atoms with Crippen molar-refractivity contribution in [3.8, 4) is 0 Å². The topological polar surface area (TPSA) is 80.3 Å².